The van der Waals surface area contributed by atoms with E-state index in [2.05, 4.69) is 0 Å². The number of rotatable bonds is 4. The minimum absolute atomic E-state index is 0.0890. The van der Waals surface area contributed by atoms with Crippen LogP contribution in [0.2, 0.25) is 0 Å². The fourth-order valence-electron chi connectivity index (χ4n) is 4.47. The minimum atomic E-state index is -0.747. The molecule has 1 aliphatic rings. The number of hydrogen-bond acceptors (Lipinski definition) is 4. The third-order valence-corrected chi connectivity index (χ3v) is 6.34. The molecular formula is C28H23NO4. The van der Waals surface area contributed by atoms with Crippen LogP contribution in [0.4, 0.5) is 0 Å². The van der Waals surface area contributed by atoms with Crippen molar-refractivity contribution in [2.75, 3.05) is 0 Å². The lowest BCUT2D eigenvalue weighted by Gasteiger charge is -2.25. The molecule has 4 aromatic rings. The Morgan fingerprint density at radius 1 is 0.939 bits per heavy atom. The summed E-state index contributed by atoms with van der Waals surface area (Å²) in [5.41, 5.74) is 3.45. The lowest BCUT2D eigenvalue weighted by molar-refractivity contribution is -0.140. The molecule has 2 heterocycles. The number of amides is 1. The molecule has 1 saturated heterocycles. The number of aliphatic hydroxyl groups excluding tert-OH is 1. The molecule has 5 heteroatoms. The number of furan rings is 1. The fourth-order valence-corrected chi connectivity index (χ4v) is 4.47. The Morgan fingerprint density at radius 3 is 2.48 bits per heavy atom. The topological polar surface area (TPSA) is 70.8 Å². The molecule has 0 bridgehead atoms. The number of nitrogens with zero attached hydrogens (tertiary/aromatic N) is 1. The van der Waals surface area contributed by atoms with Gasteiger partial charge < -0.3 is 14.4 Å². The third-order valence-electron chi connectivity index (χ3n) is 6.34. The molecule has 1 aromatic heterocycles. The van der Waals surface area contributed by atoms with E-state index in [-0.39, 0.29) is 17.9 Å². The van der Waals surface area contributed by atoms with Gasteiger partial charge in [0.05, 0.1) is 24.4 Å². The number of aliphatic hydroxyl groups is 1. The first-order chi connectivity index (χ1) is 16.0. The summed E-state index contributed by atoms with van der Waals surface area (Å²) >= 11 is 0. The van der Waals surface area contributed by atoms with Crippen molar-refractivity contribution in [3.05, 3.63) is 113 Å². The van der Waals surface area contributed by atoms with Crippen molar-refractivity contribution in [2.24, 2.45) is 0 Å². The van der Waals surface area contributed by atoms with Crippen LogP contribution in [0.15, 0.2) is 89.0 Å². The zero-order valence-electron chi connectivity index (χ0n) is 18.4. The molecule has 0 saturated carbocycles. The average Bonchev–Trinajstić information content (AvgIpc) is 3.42. The van der Waals surface area contributed by atoms with Gasteiger partial charge in [-0.1, -0.05) is 54.6 Å². The van der Waals surface area contributed by atoms with E-state index in [9.17, 15) is 14.7 Å². The summed E-state index contributed by atoms with van der Waals surface area (Å²) in [6.07, 6.45) is 1.54. The van der Waals surface area contributed by atoms with Gasteiger partial charge in [0, 0.05) is 5.56 Å². The summed E-state index contributed by atoms with van der Waals surface area (Å²) in [5.74, 6) is -0.963. The zero-order valence-corrected chi connectivity index (χ0v) is 18.4. The average molecular weight is 437 g/mol. The molecule has 0 spiro atoms. The van der Waals surface area contributed by atoms with Gasteiger partial charge in [-0.05, 0) is 59.5 Å². The molecule has 5 rings (SSSR count). The quantitative estimate of drug-likeness (QED) is 0.254. The van der Waals surface area contributed by atoms with Crippen LogP contribution in [0.3, 0.4) is 0 Å². The van der Waals surface area contributed by atoms with E-state index in [1.165, 1.54) is 11.2 Å². The summed E-state index contributed by atoms with van der Waals surface area (Å²) in [6.45, 7) is 4.05. The highest BCUT2D eigenvalue weighted by Crippen LogP contribution is 2.42. The number of benzene rings is 3. The number of fused-ring (bicyclic) bond motifs is 1. The summed E-state index contributed by atoms with van der Waals surface area (Å²) < 4.78 is 5.48. The van der Waals surface area contributed by atoms with Crippen molar-refractivity contribution in [1.29, 1.82) is 0 Å². The van der Waals surface area contributed by atoms with Crippen LogP contribution in [0.25, 0.3) is 16.5 Å². The Kier molecular flexibility index (Phi) is 5.09. The van der Waals surface area contributed by atoms with Gasteiger partial charge >= 0.3 is 0 Å². The Labute approximate surface area is 191 Å². The molecule has 5 nitrogen and oxygen atoms in total. The molecule has 1 fully saturated rings. The molecule has 33 heavy (non-hydrogen) atoms. The van der Waals surface area contributed by atoms with E-state index in [0.29, 0.717) is 11.3 Å². The molecule has 1 N–H and O–H groups in total. The van der Waals surface area contributed by atoms with Crippen molar-refractivity contribution < 1.29 is 19.1 Å². The molecule has 1 atom stereocenters. The molecule has 1 aliphatic heterocycles. The van der Waals surface area contributed by atoms with E-state index < -0.39 is 17.7 Å². The van der Waals surface area contributed by atoms with Crippen molar-refractivity contribution in [2.45, 2.75) is 26.4 Å². The summed E-state index contributed by atoms with van der Waals surface area (Å²) in [4.78, 5) is 28.0. The van der Waals surface area contributed by atoms with Crippen molar-refractivity contribution in [1.82, 2.24) is 4.90 Å². The highest BCUT2D eigenvalue weighted by Gasteiger charge is 2.46. The smallest absolute Gasteiger partial charge is 0.296 e. The third kappa shape index (κ3) is 3.52. The summed E-state index contributed by atoms with van der Waals surface area (Å²) in [5, 5.41) is 13.2. The van der Waals surface area contributed by atoms with Gasteiger partial charge in [-0.15, -0.1) is 0 Å². The molecular weight excluding hydrogens is 414 g/mol. The van der Waals surface area contributed by atoms with Crippen LogP contribution in [0, 0.1) is 13.8 Å². The molecule has 1 unspecified atom stereocenters. The Bertz CT molecular complexity index is 1410. The van der Waals surface area contributed by atoms with Crippen LogP contribution in [0.5, 0.6) is 0 Å². The molecule has 1 amide bonds. The van der Waals surface area contributed by atoms with Crippen LogP contribution < -0.4 is 0 Å². The van der Waals surface area contributed by atoms with Gasteiger partial charge in [-0.2, -0.15) is 0 Å². The second kappa shape index (κ2) is 8.10. The number of carbonyl (C=O) groups excluding carboxylic acids is 2. The Hall–Kier alpha value is -4.12. The number of likely N-dealkylation sites (tertiary alicyclic amines) is 1. The number of hydrogen-bond donors (Lipinski definition) is 1. The first-order valence-electron chi connectivity index (χ1n) is 10.8. The predicted octanol–water partition coefficient (Wildman–Crippen LogP) is 5.67. The number of Topliss-reactive ketones (excluding diaryl/α,β-unsaturated/α-hetero) is 1. The van der Waals surface area contributed by atoms with Gasteiger partial charge in [-0.25, -0.2) is 0 Å². The van der Waals surface area contributed by atoms with E-state index in [4.69, 9.17) is 4.42 Å². The second-order valence-electron chi connectivity index (χ2n) is 8.37. The molecule has 3 aromatic carbocycles. The fraction of sp³-hybridized carbons (Fsp3) is 0.143. The Balaban J connectivity index is 1.75. The van der Waals surface area contributed by atoms with Crippen LogP contribution >= 0.6 is 0 Å². The van der Waals surface area contributed by atoms with E-state index in [1.54, 1.807) is 18.2 Å². The lowest BCUT2D eigenvalue weighted by atomic mass is 9.91. The van der Waals surface area contributed by atoms with Gasteiger partial charge in [-0.3, -0.25) is 9.59 Å². The summed E-state index contributed by atoms with van der Waals surface area (Å²) in [6, 6.07) is 21.9. The second-order valence-corrected chi connectivity index (χ2v) is 8.37. The monoisotopic (exact) mass is 437 g/mol. The van der Waals surface area contributed by atoms with Gasteiger partial charge in [0.15, 0.2) is 0 Å². The summed E-state index contributed by atoms with van der Waals surface area (Å²) in [7, 11) is 0. The normalized spacial score (nSPS) is 17.8. The first kappa shape index (κ1) is 20.8. The minimum Gasteiger partial charge on any atom is -0.507 e. The maximum Gasteiger partial charge on any atom is 0.296 e. The van der Waals surface area contributed by atoms with Gasteiger partial charge in [0.1, 0.15) is 11.5 Å². The highest BCUT2D eigenvalue weighted by molar-refractivity contribution is 6.46. The largest absolute Gasteiger partial charge is 0.507 e. The maximum absolute atomic E-state index is 13.3. The SMILES string of the molecule is Cc1ccc(/C(O)=C2/C(=O)C(=O)N(Cc3ccco3)C2c2cccc3ccccc23)cc1C. The van der Waals surface area contributed by atoms with E-state index in [0.717, 1.165) is 27.5 Å². The molecule has 164 valence electrons. The van der Waals surface area contributed by atoms with Crippen molar-refractivity contribution in [3.8, 4) is 0 Å². The maximum atomic E-state index is 13.3. The number of carbonyl (C=O) groups is 2. The number of ketones is 1. The van der Waals surface area contributed by atoms with Crippen molar-refractivity contribution >= 4 is 28.2 Å². The van der Waals surface area contributed by atoms with Gasteiger partial charge in [0.25, 0.3) is 11.7 Å². The van der Waals surface area contributed by atoms with Crippen LogP contribution in [-0.2, 0) is 16.1 Å². The highest BCUT2D eigenvalue weighted by atomic mass is 16.3. The number of aryl methyl sites for hydroxylation is 2. The van der Waals surface area contributed by atoms with Crippen LogP contribution in [0.1, 0.15) is 34.1 Å². The van der Waals surface area contributed by atoms with Gasteiger partial charge in [0.2, 0.25) is 0 Å². The van der Waals surface area contributed by atoms with E-state index >= 15 is 0 Å². The van der Waals surface area contributed by atoms with Crippen LogP contribution in [-0.4, -0.2) is 21.7 Å². The Morgan fingerprint density at radius 2 is 1.73 bits per heavy atom. The molecule has 0 aliphatic carbocycles. The predicted molar refractivity (Wildman–Crippen MR) is 126 cm³/mol. The lowest BCUT2D eigenvalue weighted by Crippen LogP contribution is -2.29. The zero-order chi connectivity index (χ0) is 23.1. The molecule has 0 radical (unpaired) electrons. The standard InChI is InChI=1S/C28H23NO4/c1-17-12-13-20(15-18(17)2)26(30)24-25(23-11-5-8-19-7-3-4-10-22(19)23)29(28(32)27(24)31)16-21-9-6-14-33-21/h3-15,25,30H,16H2,1-2H3/b26-24-. The van der Waals surface area contributed by atoms with E-state index in [1.807, 2.05) is 68.4 Å². The van der Waals surface area contributed by atoms with Crippen molar-refractivity contribution in [3.63, 3.8) is 0 Å². The first-order valence-corrected chi connectivity index (χ1v) is 10.8.